The third-order valence-electron chi connectivity index (χ3n) is 3.85. The van der Waals surface area contributed by atoms with Gasteiger partial charge in [0, 0.05) is 18.0 Å². The van der Waals surface area contributed by atoms with Gasteiger partial charge < -0.3 is 10.0 Å². The van der Waals surface area contributed by atoms with Crippen LogP contribution in [0, 0.1) is 5.92 Å². The fourth-order valence-electron chi connectivity index (χ4n) is 2.80. The van der Waals surface area contributed by atoms with E-state index >= 15 is 0 Å². The summed E-state index contributed by atoms with van der Waals surface area (Å²) in [7, 11) is 0. The highest BCUT2D eigenvalue weighted by molar-refractivity contribution is 7.99. The second-order valence-electron chi connectivity index (χ2n) is 5.45. The second-order valence-corrected chi connectivity index (χ2v) is 7.00. The van der Waals surface area contributed by atoms with Gasteiger partial charge in [0.25, 0.3) is 0 Å². The van der Waals surface area contributed by atoms with Crippen LogP contribution in [-0.4, -0.2) is 42.0 Å². The number of halogens is 1. The zero-order chi connectivity index (χ0) is 14.2. The van der Waals surface area contributed by atoms with Crippen molar-refractivity contribution in [3.05, 3.63) is 29.3 Å². The molecule has 1 aliphatic rings. The van der Waals surface area contributed by atoms with Crippen molar-refractivity contribution < 1.29 is 5.11 Å². The van der Waals surface area contributed by atoms with Crippen LogP contribution in [0.5, 0.6) is 0 Å². The molecule has 0 amide bonds. The van der Waals surface area contributed by atoms with Crippen molar-refractivity contribution in [1.82, 2.24) is 4.90 Å². The predicted molar refractivity (Wildman–Crippen MR) is 87.7 cm³/mol. The molecule has 0 saturated carbocycles. The molecule has 1 aliphatic heterocycles. The van der Waals surface area contributed by atoms with Crippen molar-refractivity contribution in [2.75, 3.05) is 32.0 Å². The molecule has 0 radical (unpaired) electrons. The van der Waals surface area contributed by atoms with E-state index in [-0.39, 0.29) is 0 Å². The zero-order valence-corrected chi connectivity index (χ0v) is 13.5. The number of hydrogen-bond acceptors (Lipinski definition) is 3. The van der Waals surface area contributed by atoms with Crippen molar-refractivity contribution in [3.63, 3.8) is 0 Å². The van der Waals surface area contributed by atoms with E-state index in [2.05, 4.69) is 11.0 Å². The van der Waals surface area contributed by atoms with E-state index in [1.54, 1.807) is 0 Å². The molecule has 2 rings (SSSR count). The van der Waals surface area contributed by atoms with Crippen LogP contribution in [0.15, 0.2) is 29.2 Å². The Bertz CT molecular complexity index is 400. The highest BCUT2D eigenvalue weighted by Gasteiger charge is 2.18. The lowest BCUT2D eigenvalue weighted by Gasteiger charge is -2.32. The first kappa shape index (κ1) is 16.2. The van der Waals surface area contributed by atoms with Gasteiger partial charge in [0.15, 0.2) is 0 Å². The van der Waals surface area contributed by atoms with Gasteiger partial charge in [-0.05, 0) is 62.6 Å². The van der Waals surface area contributed by atoms with Crippen molar-refractivity contribution in [2.45, 2.75) is 30.6 Å². The lowest BCUT2D eigenvalue weighted by atomic mass is 9.95. The molecule has 0 spiro atoms. The molecule has 1 N–H and O–H groups in total. The van der Waals surface area contributed by atoms with Gasteiger partial charge in [-0.3, -0.25) is 0 Å². The van der Waals surface area contributed by atoms with E-state index in [4.69, 9.17) is 16.7 Å². The number of aliphatic hydroxyl groups excluding tert-OH is 1. The molecule has 1 atom stereocenters. The Morgan fingerprint density at radius 3 is 3.00 bits per heavy atom. The maximum atomic E-state index is 9.04. The van der Waals surface area contributed by atoms with E-state index in [0.29, 0.717) is 12.5 Å². The molecule has 1 saturated heterocycles. The van der Waals surface area contributed by atoms with Crippen molar-refractivity contribution in [2.24, 2.45) is 5.92 Å². The summed E-state index contributed by atoms with van der Waals surface area (Å²) in [5.74, 6) is 1.82. The fourth-order valence-corrected chi connectivity index (χ4v) is 3.98. The first-order valence-corrected chi connectivity index (χ1v) is 8.86. The quantitative estimate of drug-likeness (QED) is 0.610. The van der Waals surface area contributed by atoms with Crippen LogP contribution in [0.1, 0.15) is 25.7 Å². The van der Waals surface area contributed by atoms with Gasteiger partial charge in [-0.15, -0.1) is 11.8 Å². The molecule has 1 unspecified atom stereocenters. The van der Waals surface area contributed by atoms with Crippen LogP contribution >= 0.6 is 23.4 Å². The first-order valence-electron chi connectivity index (χ1n) is 7.50. The van der Waals surface area contributed by atoms with Gasteiger partial charge in [0.1, 0.15) is 0 Å². The average Bonchev–Trinajstić information content (AvgIpc) is 2.46. The smallest absolute Gasteiger partial charge is 0.0541 e. The van der Waals surface area contributed by atoms with Crippen LogP contribution in [0.3, 0.4) is 0 Å². The minimum atomic E-state index is 0.334. The molecule has 1 heterocycles. The number of thioether (sulfide) groups is 1. The third kappa shape index (κ3) is 5.28. The summed E-state index contributed by atoms with van der Waals surface area (Å²) in [6.45, 7) is 3.89. The number of aliphatic hydroxyl groups is 1. The van der Waals surface area contributed by atoms with Crippen LogP contribution in [-0.2, 0) is 0 Å². The standard InChI is InChI=1S/C16H24ClNOS/c17-15-6-1-2-7-16(15)20-12-4-10-18-9-3-5-14(13-18)8-11-19/h1-2,6-7,14,19H,3-5,8-13H2. The van der Waals surface area contributed by atoms with Gasteiger partial charge in [0.2, 0.25) is 0 Å². The largest absolute Gasteiger partial charge is 0.396 e. The van der Waals surface area contributed by atoms with Gasteiger partial charge in [-0.1, -0.05) is 23.7 Å². The Balaban J connectivity index is 1.64. The molecule has 0 aliphatic carbocycles. The van der Waals surface area contributed by atoms with E-state index in [1.807, 2.05) is 30.0 Å². The first-order chi connectivity index (χ1) is 9.79. The number of piperidine rings is 1. The molecule has 20 heavy (non-hydrogen) atoms. The maximum Gasteiger partial charge on any atom is 0.0541 e. The Morgan fingerprint density at radius 2 is 2.20 bits per heavy atom. The summed E-state index contributed by atoms with van der Waals surface area (Å²) in [5.41, 5.74) is 0. The summed E-state index contributed by atoms with van der Waals surface area (Å²) in [5, 5.41) is 9.90. The molecule has 112 valence electrons. The van der Waals surface area contributed by atoms with E-state index < -0.39 is 0 Å². The Labute approximate surface area is 131 Å². The average molecular weight is 314 g/mol. The summed E-state index contributed by atoms with van der Waals surface area (Å²) in [4.78, 5) is 3.74. The Morgan fingerprint density at radius 1 is 1.35 bits per heavy atom. The van der Waals surface area contributed by atoms with Gasteiger partial charge in [-0.2, -0.15) is 0 Å². The molecule has 2 nitrogen and oxygen atoms in total. The van der Waals surface area contributed by atoms with Gasteiger partial charge in [-0.25, -0.2) is 0 Å². The molecule has 0 aromatic heterocycles. The van der Waals surface area contributed by atoms with E-state index in [0.717, 1.165) is 23.7 Å². The SMILES string of the molecule is OCCC1CCCN(CCCSc2ccccc2Cl)C1. The van der Waals surface area contributed by atoms with Crippen molar-refractivity contribution in [1.29, 1.82) is 0 Å². The number of hydrogen-bond donors (Lipinski definition) is 1. The minimum Gasteiger partial charge on any atom is -0.396 e. The monoisotopic (exact) mass is 313 g/mol. The summed E-state index contributed by atoms with van der Waals surface area (Å²) in [6, 6.07) is 8.05. The molecular weight excluding hydrogens is 290 g/mol. The normalized spacial score (nSPS) is 20.2. The highest BCUT2D eigenvalue weighted by atomic mass is 35.5. The molecule has 0 bridgehead atoms. The summed E-state index contributed by atoms with van der Waals surface area (Å²) >= 11 is 8.00. The lowest BCUT2D eigenvalue weighted by molar-refractivity contribution is 0.148. The maximum absolute atomic E-state index is 9.04. The zero-order valence-electron chi connectivity index (χ0n) is 11.9. The molecule has 1 aromatic rings. The molecular formula is C16H24ClNOS. The summed E-state index contributed by atoms with van der Waals surface area (Å²) < 4.78 is 0. The van der Waals surface area contributed by atoms with Crippen LogP contribution in [0.2, 0.25) is 5.02 Å². The minimum absolute atomic E-state index is 0.334. The van der Waals surface area contributed by atoms with Crippen molar-refractivity contribution >= 4 is 23.4 Å². The highest BCUT2D eigenvalue weighted by Crippen LogP contribution is 2.27. The lowest BCUT2D eigenvalue weighted by Crippen LogP contribution is -2.36. The molecule has 1 aromatic carbocycles. The number of nitrogens with zero attached hydrogens (tertiary/aromatic N) is 1. The second kappa shape index (κ2) is 8.93. The van der Waals surface area contributed by atoms with Crippen LogP contribution < -0.4 is 0 Å². The number of benzene rings is 1. The Kier molecular flexibility index (Phi) is 7.22. The third-order valence-corrected chi connectivity index (χ3v) is 5.45. The van der Waals surface area contributed by atoms with Crippen LogP contribution in [0.25, 0.3) is 0 Å². The van der Waals surface area contributed by atoms with E-state index in [9.17, 15) is 0 Å². The summed E-state index contributed by atoms with van der Waals surface area (Å²) in [6.07, 6.45) is 4.72. The van der Waals surface area contributed by atoms with Gasteiger partial charge >= 0.3 is 0 Å². The van der Waals surface area contributed by atoms with Crippen LogP contribution in [0.4, 0.5) is 0 Å². The topological polar surface area (TPSA) is 23.5 Å². The van der Waals surface area contributed by atoms with Gasteiger partial charge in [0.05, 0.1) is 5.02 Å². The number of likely N-dealkylation sites (tertiary alicyclic amines) is 1. The Hall–Kier alpha value is -0.220. The molecule has 1 fully saturated rings. The fraction of sp³-hybridized carbons (Fsp3) is 0.625. The van der Waals surface area contributed by atoms with Crippen molar-refractivity contribution in [3.8, 4) is 0 Å². The molecule has 4 heteroatoms. The number of rotatable bonds is 7. The van der Waals surface area contributed by atoms with E-state index in [1.165, 1.54) is 37.2 Å². The predicted octanol–water partition coefficient (Wildman–Crippen LogP) is 3.92.